The molecule has 0 aliphatic carbocycles. The average molecular weight is 505 g/mol. The molecule has 0 amide bonds. The molecule has 1 unspecified atom stereocenters. The van der Waals surface area contributed by atoms with E-state index in [1.165, 1.54) is 37.1 Å². The second-order valence-corrected chi connectivity index (χ2v) is 10.4. The molecule has 0 spiro atoms. The van der Waals surface area contributed by atoms with E-state index in [2.05, 4.69) is 110 Å². The third-order valence-electron chi connectivity index (χ3n) is 7.62. The number of rotatable bonds is 11. The summed E-state index contributed by atoms with van der Waals surface area (Å²) in [5, 5.41) is 3.32. The van der Waals surface area contributed by atoms with Crippen LogP contribution >= 0.6 is 0 Å². The summed E-state index contributed by atoms with van der Waals surface area (Å²) in [4.78, 5) is 14.4. The van der Waals surface area contributed by atoms with Gasteiger partial charge >= 0.3 is 0 Å². The molecular weight excluding hydrogens is 456 g/mol. The van der Waals surface area contributed by atoms with Crippen molar-refractivity contribution in [1.29, 1.82) is 0 Å². The van der Waals surface area contributed by atoms with Crippen LogP contribution in [0.1, 0.15) is 57.1 Å². The van der Waals surface area contributed by atoms with E-state index < -0.39 is 0 Å². The van der Waals surface area contributed by atoms with Gasteiger partial charge in [-0.1, -0.05) is 45.1 Å². The number of unbranched alkanes of at least 4 members (excludes halogenated alkanes) is 1. The zero-order valence-corrected chi connectivity index (χ0v) is 24.3. The van der Waals surface area contributed by atoms with Crippen LogP contribution in [0.15, 0.2) is 65.7 Å². The van der Waals surface area contributed by atoms with Crippen LogP contribution in [0.3, 0.4) is 0 Å². The number of nitrogens with one attached hydrogen (secondary N) is 1. The smallest absolute Gasteiger partial charge is 0.136 e. The molecule has 0 radical (unpaired) electrons. The van der Waals surface area contributed by atoms with Gasteiger partial charge in [0.2, 0.25) is 0 Å². The summed E-state index contributed by atoms with van der Waals surface area (Å²) in [7, 11) is 8.38. The maximum Gasteiger partial charge on any atom is 0.136 e. The van der Waals surface area contributed by atoms with E-state index in [9.17, 15) is 0 Å². The van der Waals surface area contributed by atoms with E-state index in [0.29, 0.717) is 0 Å². The first-order chi connectivity index (χ1) is 17.7. The van der Waals surface area contributed by atoms with Gasteiger partial charge in [0, 0.05) is 70.8 Å². The molecule has 0 bridgehead atoms. The van der Waals surface area contributed by atoms with Crippen molar-refractivity contribution in [2.75, 3.05) is 53.1 Å². The lowest BCUT2D eigenvalue weighted by Crippen LogP contribution is -2.38. The maximum absolute atomic E-state index is 5.13. The largest absolute Gasteiger partial charge is 0.388 e. The minimum Gasteiger partial charge on any atom is -0.388 e. The number of aryl methyl sites for hydroxylation is 1. The monoisotopic (exact) mass is 504 g/mol. The van der Waals surface area contributed by atoms with Gasteiger partial charge < -0.3 is 24.9 Å². The van der Waals surface area contributed by atoms with Gasteiger partial charge in [-0.25, -0.2) is 4.99 Å². The second-order valence-electron chi connectivity index (χ2n) is 10.4. The van der Waals surface area contributed by atoms with Gasteiger partial charge in [-0.05, 0) is 56.4 Å². The lowest BCUT2D eigenvalue weighted by molar-refractivity contribution is 0.294. The maximum atomic E-state index is 5.13. The van der Waals surface area contributed by atoms with Gasteiger partial charge in [0.1, 0.15) is 17.5 Å². The Bertz CT molecular complexity index is 1060. The fraction of sp³-hybridized carbons (Fsp3) is 0.516. The van der Waals surface area contributed by atoms with Crippen molar-refractivity contribution < 1.29 is 0 Å². The summed E-state index contributed by atoms with van der Waals surface area (Å²) in [6, 6.07) is 6.55. The Hall–Kier alpha value is -3.15. The van der Waals surface area contributed by atoms with Crippen molar-refractivity contribution in [2.24, 2.45) is 4.99 Å². The second kappa shape index (κ2) is 12.9. The van der Waals surface area contributed by atoms with Gasteiger partial charge in [0.05, 0.1) is 6.04 Å². The summed E-state index contributed by atoms with van der Waals surface area (Å²) in [5.74, 6) is 3.20. The summed E-state index contributed by atoms with van der Waals surface area (Å²) in [6.45, 7) is 18.8. The number of likely N-dealkylation sites (tertiary alicyclic amines) is 1. The minimum absolute atomic E-state index is 0.108. The molecule has 2 aliphatic rings. The Morgan fingerprint density at radius 3 is 2.51 bits per heavy atom. The Morgan fingerprint density at radius 1 is 1.19 bits per heavy atom. The first-order valence-corrected chi connectivity index (χ1v) is 13.8. The number of likely N-dealkylation sites (N-methyl/N-ethyl adjacent to an activating group) is 1. The number of benzene rings is 1. The van der Waals surface area contributed by atoms with Crippen LogP contribution in [0.25, 0.3) is 5.70 Å². The van der Waals surface area contributed by atoms with Gasteiger partial charge in [-0.2, -0.15) is 0 Å². The van der Waals surface area contributed by atoms with Crippen LogP contribution in [0.2, 0.25) is 0 Å². The molecule has 6 heteroatoms. The molecule has 1 N–H and O–H groups in total. The van der Waals surface area contributed by atoms with E-state index in [1.807, 2.05) is 7.05 Å². The lowest BCUT2D eigenvalue weighted by atomic mass is 10.0. The van der Waals surface area contributed by atoms with Crippen molar-refractivity contribution in [3.05, 3.63) is 71.9 Å². The molecule has 1 atom stereocenters. The predicted octanol–water partition coefficient (Wildman–Crippen LogP) is 6.13. The Labute approximate surface area is 225 Å². The van der Waals surface area contributed by atoms with Crippen LogP contribution in [-0.2, 0) is 0 Å². The normalized spacial score (nSPS) is 17.4. The first-order valence-electron chi connectivity index (χ1n) is 13.8. The Kier molecular flexibility index (Phi) is 9.90. The SMILES string of the molecule is C=C(/C=C1/N=C(N2CCCC2)C=C(N(C)CCCC)N1C)C(CC)N(C)C(=C)c1cc(C)ccc1NC. The van der Waals surface area contributed by atoms with Gasteiger partial charge in [0.15, 0.2) is 0 Å². The highest BCUT2D eigenvalue weighted by molar-refractivity contribution is 5.95. The third-order valence-corrected chi connectivity index (χ3v) is 7.62. The molecule has 1 fully saturated rings. The molecular formula is C31H48N6. The van der Waals surface area contributed by atoms with Crippen LogP contribution in [-0.4, -0.2) is 79.3 Å². The number of hydrogen-bond donors (Lipinski definition) is 1. The van der Waals surface area contributed by atoms with Crippen LogP contribution < -0.4 is 5.32 Å². The zero-order valence-electron chi connectivity index (χ0n) is 24.3. The van der Waals surface area contributed by atoms with E-state index in [-0.39, 0.29) is 6.04 Å². The predicted molar refractivity (Wildman–Crippen MR) is 160 cm³/mol. The number of amidine groups is 1. The van der Waals surface area contributed by atoms with Crippen LogP contribution in [0.4, 0.5) is 5.69 Å². The zero-order chi connectivity index (χ0) is 27.1. The van der Waals surface area contributed by atoms with Crippen molar-refractivity contribution in [3.8, 4) is 0 Å². The molecule has 1 aromatic carbocycles. The molecule has 37 heavy (non-hydrogen) atoms. The highest BCUT2D eigenvalue weighted by Crippen LogP contribution is 2.31. The van der Waals surface area contributed by atoms with Crippen LogP contribution in [0.5, 0.6) is 0 Å². The Balaban J connectivity index is 1.90. The van der Waals surface area contributed by atoms with E-state index in [1.54, 1.807) is 0 Å². The summed E-state index contributed by atoms with van der Waals surface area (Å²) < 4.78 is 0. The highest BCUT2D eigenvalue weighted by Gasteiger charge is 2.26. The summed E-state index contributed by atoms with van der Waals surface area (Å²) in [6.07, 6.45) is 10.2. The van der Waals surface area contributed by atoms with Gasteiger partial charge in [-0.3, -0.25) is 0 Å². The van der Waals surface area contributed by atoms with Crippen molar-refractivity contribution >= 4 is 17.2 Å². The van der Waals surface area contributed by atoms with Crippen LogP contribution in [0, 0.1) is 6.92 Å². The standard InChI is InChI=1S/C31H48N6/c1-10-12-17-34(7)31-22-30(37-18-13-14-19-37)33-29(36(31)9)21-24(4)28(11-2)35(8)25(5)26-20-23(3)15-16-27(26)32-6/h15-16,20-22,28,32H,4-5,10-14,17-19H2,1-3,6-9H3/b29-21-. The molecule has 3 rings (SSSR count). The summed E-state index contributed by atoms with van der Waals surface area (Å²) in [5.41, 5.74) is 5.44. The van der Waals surface area contributed by atoms with E-state index in [0.717, 1.165) is 60.2 Å². The number of anilines is 1. The fourth-order valence-electron chi connectivity index (χ4n) is 5.21. The molecule has 202 valence electrons. The first kappa shape index (κ1) is 28.4. The molecule has 0 saturated carbocycles. The van der Waals surface area contributed by atoms with E-state index >= 15 is 0 Å². The molecule has 0 aromatic heterocycles. The number of aliphatic imine (C=N–C) groups is 1. The molecule has 1 saturated heterocycles. The average Bonchev–Trinajstić information content (AvgIpc) is 3.43. The lowest BCUT2D eigenvalue weighted by Gasteiger charge is -2.36. The quantitative estimate of drug-likeness (QED) is 0.392. The number of hydrogen-bond acceptors (Lipinski definition) is 6. The number of nitrogens with zero attached hydrogens (tertiary/aromatic N) is 5. The van der Waals surface area contributed by atoms with Crippen molar-refractivity contribution in [3.63, 3.8) is 0 Å². The minimum atomic E-state index is 0.108. The third kappa shape index (κ3) is 6.60. The topological polar surface area (TPSA) is 37.4 Å². The molecule has 2 heterocycles. The molecule has 1 aromatic rings. The van der Waals surface area contributed by atoms with Gasteiger partial charge in [0.25, 0.3) is 0 Å². The molecule has 2 aliphatic heterocycles. The fourth-order valence-corrected chi connectivity index (χ4v) is 5.21. The summed E-state index contributed by atoms with van der Waals surface area (Å²) >= 11 is 0. The van der Waals surface area contributed by atoms with Crippen molar-refractivity contribution in [1.82, 2.24) is 19.6 Å². The van der Waals surface area contributed by atoms with E-state index in [4.69, 9.17) is 4.99 Å². The van der Waals surface area contributed by atoms with Gasteiger partial charge in [-0.15, -0.1) is 0 Å². The molecule has 6 nitrogen and oxygen atoms in total. The van der Waals surface area contributed by atoms with Crippen molar-refractivity contribution in [2.45, 2.75) is 58.9 Å². The Morgan fingerprint density at radius 2 is 1.89 bits per heavy atom. The highest BCUT2D eigenvalue weighted by atomic mass is 15.4.